The first kappa shape index (κ1) is 13.5. The summed E-state index contributed by atoms with van der Waals surface area (Å²) in [7, 11) is 0. The van der Waals surface area contributed by atoms with Gasteiger partial charge in [-0.2, -0.15) is 13.2 Å². The van der Waals surface area contributed by atoms with Crippen LogP contribution in [0.25, 0.3) is 0 Å². The van der Waals surface area contributed by atoms with Gasteiger partial charge in [-0.1, -0.05) is 6.92 Å². The fourth-order valence-corrected chi connectivity index (χ4v) is 0.858. The Morgan fingerprint density at radius 3 is 1.43 bits per heavy atom. The molecule has 0 bridgehead atoms. The van der Waals surface area contributed by atoms with E-state index in [1.54, 1.807) is 0 Å². The fourth-order valence-electron chi connectivity index (χ4n) is 0.858. The molecular formula is C7H9F7. The van der Waals surface area contributed by atoms with Crippen LogP contribution in [0.15, 0.2) is 0 Å². The lowest BCUT2D eigenvalue weighted by Crippen LogP contribution is -2.54. The zero-order chi connectivity index (χ0) is 11.8. The maximum atomic E-state index is 12.7. The number of halogens is 7. The van der Waals surface area contributed by atoms with Crippen LogP contribution in [0, 0.1) is 5.41 Å². The monoisotopic (exact) mass is 226 g/mol. The lowest BCUT2D eigenvalue weighted by Gasteiger charge is -2.37. The largest absolute Gasteiger partial charge is 0.405 e. The van der Waals surface area contributed by atoms with Crippen LogP contribution in [0.4, 0.5) is 30.7 Å². The maximum absolute atomic E-state index is 12.7. The van der Waals surface area contributed by atoms with Gasteiger partial charge in [0, 0.05) is 6.42 Å². The van der Waals surface area contributed by atoms with Gasteiger partial charge in [-0.25, -0.2) is 17.6 Å². The van der Waals surface area contributed by atoms with Gasteiger partial charge in [0.1, 0.15) is 0 Å². The standard InChI is InChI=1S/C7H9F7/c1-3-6(10,11)5(2,4(8)9)7(12,13)14/h4H,3H2,1-2H3. The molecule has 0 saturated heterocycles. The second kappa shape index (κ2) is 3.58. The summed E-state index contributed by atoms with van der Waals surface area (Å²) >= 11 is 0. The van der Waals surface area contributed by atoms with Crippen LogP contribution in [-0.4, -0.2) is 18.5 Å². The first-order valence-corrected chi connectivity index (χ1v) is 3.73. The Bertz CT molecular complexity index is 195. The molecule has 0 aromatic rings. The Hall–Kier alpha value is -0.490. The molecule has 86 valence electrons. The van der Waals surface area contributed by atoms with E-state index in [0.717, 1.165) is 6.92 Å². The summed E-state index contributed by atoms with van der Waals surface area (Å²) in [6, 6.07) is 0. The second-order valence-corrected chi connectivity index (χ2v) is 3.06. The van der Waals surface area contributed by atoms with Crippen molar-refractivity contribution in [2.75, 3.05) is 0 Å². The van der Waals surface area contributed by atoms with Crippen molar-refractivity contribution >= 4 is 0 Å². The molecule has 0 N–H and O–H groups in total. The highest BCUT2D eigenvalue weighted by atomic mass is 19.4. The summed E-state index contributed by atoms with van der Waals surface area (Å²) in [5, 5.41) is 0. The Balaban J connectivity index is 5.33. The fraction of sp³-hybridized carbons (Fsp3) is 1.00. The Labute approximate surface area is 76.1 Å². The van der Waals surface area contributed by atoms with Crippen molar-refractivity contribution in [1.29, 1.82) is 0 Å². The van der Waals surface area contributed by atoms with Crippen molar-refractivity contribution in [3.8, 4) is 0 Å². The molecule has 0 aliphatic rings. The molecule has 0 rings (SSSR count). The van der Waals surface area contributed by atoms with Crippen LogP contribution in [0.5, 0.6) is 0 Å². The van der Waals surface area contributed by atoms with Crippen LogP contribution < -0.4 is 0 Å². The summed E-state index contributed by atoms with van der Waals surface area (Å²) in [4.78, 5) is 0. The predicted molar refractivity (Wildman–Crippen MR) is 35.4 cm³/mol. The molecule has 0 saturated carbocycles. The van der Waals surface area contributed by atoms with E-state index in [2.05, 4.69) is 0 Å². The third-order valence-electron chi connectivity index (χ3n) is 2.23. The van der Waals surface area contributed by atoms with E-state index >= 15 is 0 Å². The van der Waals surface area contributed by atoms with Gasteiger partial charge >= 0.3 is 6.18 Å². The van der Waals surface area contributed by atoms with Crippen molar-refractivity contribution in [3.63, 3.8) is 0 Å². The highest BCUT2D eigenvalue weighted by Gasteiger charge is 2.70. The molecule has 0 heterocycles. The third-order valence-corrected chi connectivity index (χ3v) is 2.23. The maximum Gasteiger partial charge on any atom is 0.405 e. The average Bonchev–Trinajstić information content (AvgIpc) is 2.00. The minimum atomic E-state index is -5.64. The van der Waals surface area contributed by atoms with Crippen LogP contribution in [-0.2, 0) is 0 Å². The van der Waals surface area contributed by atoms with Gasteiger partial charge in [-0.05, 0) is 6.92 Å². The van der Waals surface area contributed by atoms with Crippen molar-refractivity contribution in [1.82, 2.24) is 0 Å². The smallest absolute Gasteiger partial charge is 0.209 e. The summed E-state index contributed by atoms with van der Waals surface area (Å²) in [5.41, 5.74) is -4.28. The van der Waals surface area contributed by atoms with Gasteiger partial charge < -0.3 is 0 Å². The third kappa shape index (κ3) is 1.81. The molecule has 1 unspecified atom stereocenters. The minimum Gasteiger partial charge on any atom is -0.209 e. The second-order valence-electron chi connectivity index (χ2n) is 3.06. The molecule has 0 nitrogen and oxygen atoms in total. The van der Waals surface area contributed by atoms with Gasteiger partial charge in [0.25, 0.3) is 12.3 Å². The molecule has 0 spiro atoms. The van der Waals surface area contributed by atoms with E-state index in [1.807, 2.05) is 0 Å². The zero-order valence-electron chi connectivity index (χ0n) is 7.43. The first-order chi connectivity index (χ1) is 6.00. The minimum absolute atomic E-state index is 0.166. The van der Waals surface area contributed by atoms with Crippen LogP contribution >= 0.6 is 0 Å². The van der Waals surface area contributed by atoms with E-state index in [9.17, 15) is 30.7 Å². The molecule has 0 aliphatic carbocycles. The van der Waals surface area contributed by atoms with E-state index in [0.29, 0.717) is 0 Å². The highest BCUT2D eigenvalue weighted by Crippen LogP contribution is 2.54. The number of alkyl halides is 7. The molecule has 14 heavy (non-hydrogen) atoms. The lowest BCUT2D eigenvalue weighted by molar-refractivity contribution is -0.328. The Morgan fingerprint density at radius 2 is 1.36 bits per heavy atom. The summed E-state index contributed by atoms with van der Waals surface area (Å²) in [6.07, 6.45) is -11.1. The lowest BCUT2D eigenvalue weighted by atomic mass is 9.81. The van der Waals surface area contributed by atoms with E-state index in [1.165, 1.54) is 0 Å². The number of hydrogen-bond donors (Lipinski definition) is 0. The summed E-state index contributed by atoms with van der Waals surface area (Å²) < 4.78 is 85.9. The Morgan fingerprint density at radius 1 is 1.00 bits per heavy atom. The van der Waals surface area contributed by atoms with Crippen molar-refractivity contribution in [2.45, 2.75) is 38.8 Å². The number of rotatable bonds is 3. The van der Waals surface area contributed by atoms with Gasteiger partial charge in [0.05, 0.1) is 0 Å². The van der Waals surface area contributed by atoms with Crippen molar-refractivity contribution in [3.05, 3.63) is 0 Å². The quantitative estimate of drug-likeness (QED) is 0.641. The van der Waals surface area contributed by atoms with Crippen molar-refractivity contribution < 1.29 is 30.7 Å². The van der Waals surface area contributed by atoms with Crippen LogP contribution in [0.1, 0.15) is 20.3 Å². The van der Waals surface area contributed by atoms with Gasteiger partial charge in [0.2, 0.25) is 0 Å². The predicted octanol–water partition coefficient (Wildman–Crippen LogP) is 3.87. The normalized spacial score (nSPS) is 18.4. The van der Waals surface area contributed by atoms with Crippen LogP contribution in [0.3, 0.4) is 0 Å². The molecule has 0 aromatic carbocycles. The average molecular weight is 226 g/mol. The SMILES string of the molecule is CCC(F)(F)C(C)(C(F)F)C(F)(F)F. The van der Waals surface area contributed by atoms with Gasteiger partial charge in [0.15, 0.2) is 5.41 Å². The van der Waals surface area contributed by atoms with E-state index in [-0.39, 0.29) is 6.92 Å². The van der Waals surface area contributed by atoms with Gasteiger partial charge in [-0.15, -0.1) is 0 Å². The number of hydrogen-bond acceptors (Lipinski definition) is 0. The highest BCUT2D eigenvalue weighted by molar-refractivity contribution is 4.96. The summed E-state index contributed by atoms with van der Waals surface area (Å²) in [6.45, 7) is 0.563. The van der Waals surface area contributed by atoms with E-state index < -0.39 is 30.4 Å². The molecular weight excluding hydrogens is 217 g/mol. The molecule has 0 amide bonds. The summed E-state index contributed by atoms with van der Waals surface area (Å²) in [5.74, 6) is -4.47. The molecule has 0 fully saturated rings. The molecule has 0 radical (unpaired) electrons. The Kier molecular flexibility index (Phi) is 3.46. The first-order valence-electron chi connectivity index (χ1n) is 3.73. The molecule has 7 heteroatoms. The van der Waals surface area contributed by atoms with Gasteiger partial charge in [-0.3, -0.25) is 0 Å². The zero-order valence-corrected chi connectivity index (χ0v) is 7.43. The molecule has 0 aromatic heterocycles. The molecule has 0 aliphatic heterocycles. The van der Waals surface area contributed by atoms with Crippen LogP contribution in [0.2, 0.25) is 0 Å². The van der Waals surface area contributed by atoms with Crippen molar-refractivity contribution in [2.24, 2.45) is 5.41 Å². The molecule has 1 atom stereocenters. The van der Waals surface area contributed by atoms with E-state index in [4.69, 9.17) is 0 Å². The topological polar surface area (TPSA) is 0 Å².